The van der Waals surface area contributed by atoms with Gasteiger partial charge in [0.25, 0.3) is 0 Å². The Balaban J connectivity index is 1.26. The lowest BCUT2D eigenvalue weighted by Gasteiger charge is -2.24. The van der Waals surface area contributed by atoms with E-state index in [9.17, 15) is 10.2 Å². The summed E-state index contributed by atoms with van der Waals surface area (Å²) in [5.41, 5.74) is 9.46. The lowest BCUT2D eigenvalue weighted by molar-refractivity contribution is -0.0191. The summed E-state index contributed by atoms with van der Waals surface area (Å²) in [5.74, 6) is 0.703. The number of benzene rings is 1. The molecule has 8 heteroatoms. The van der Waals surface area contributed by atoms with Gasteiger partial charge in [-0.05, 0) is 71.8 Å². The number of nitrogens with zero attached hydrogens (tertiary/aromatic N) is 4. The van der Waals surface area contributed by atoms with Crippen LogP contribution in [0.5, 0.6) is 0 Å². The van der Waals surface area contributed by atoms with Crippen molar-refractivity contribution in [2.45, 2.75) is 44.4 Å². The van der Waals surface area contributed by atoms with Gasteiger partial charge in [-0.25, -0.2) is 15.0 Å². The van der Waals surface area contributed by atoms with Crippen molar-refractivity contribution in [2.24, 2.45) is 11.3 Å². The fourth-order valence-corrected chi connectivity index (χ4v) is 6.12. The number of nitrogens with two attached hydrogens (primary N) is 1. The summed E-state index contributed by atoms with van der Waals surface area (Å²) in [7, 11) is 0. The molecule has 7 nitrogen and oxygen atoms in total. The molecular weight excluding hydrogens is 470 g/mol. The molecule has 0 radical (unpaired) electrons. The predicted molar refractivity (Wildman–Crippen MR) is 126 cm³/mol. The molecular formula is C24H24BrN5O2. The number of fused-ring (bicyclic) bond motifs is 3. The molecule has 0 saturated heterocycles. The first-order valence-electron chi connectivity index (χ1n) is 10.9. The summed E-state index contributed by atoms with van der Waals surface area (Å²) < 4.78 is 2.84. The summed E-state index contributed by atoms with van der Waals surface area (Å²) in [6.07, 6.45) is 4.51. The number of hydrogen-bond acceptors (Lipinski definition) is 6. The van der Waals surface area contributed by atoms with E-state index >= 15 is 0 Å². The highest BCUT2D eigenvalue weighted by atomic mass is 79.9. The van der Waals surface area contributed by atoms with Crippen LogP contribution in [0, 0.1) is 18.3 Å². The van der Waals surface area contributed by atoms with Crippen LogP contribution in [0.2, 0.25) is 0 Å². The highest BCUT2D eigenvalue weighted by Gasteiger charge is 2.70. The molecule has 2 aliphatic carbocycles. The zero-order valence-electron chi connectivity index (χ0n) is 17.6. The molecule has 0 unspecified atom stereocenters. The second-order valence-electron chi connectivity index (χ2n) is 9.27. The topological polar surface area (TPSA) is 110 Å². The Morgan fingerprint density at radius 1 is 1.22 bits per heavy atom. The Labute approximate surface area is 193 Å². The Bertz CT molecular complexity index is 1370. The number of pyridine rings is 1. The second kappa shape index (κ2) is 6.97. The summed E-state index contributed by atoms with van der Waals surface area (Å²) in [6.45, 7) is 1.96. The molecule has 1 aromatic carbocycles. The van der Waals surface area contributed by atoms with E-state index in [1.165, 1.54) is 0 Å². The standard InChI is InChI=1S/C24H24BrN5O2/c1-12-15-5-7-30(23(15)28-11-27-12)19-16-10-24(16,21(32)20(19)31)6-4-13-2-3-14-9-17(25)22(26)29-18(14)8-13/h2-3,5,7-9,11,16,19-21,31-32H,4,6,10H2,1H3,(H2,26,29)/t16-,19-,20+,21+,24-/m1/s1. The molecule has 0 spiro atoms. The maximum Gasteiger partial charge on any atom is 0.143 e. The van der Waals surface area contributed by atoms with Crippen LogP contribution < -0.4 is 5.73 Å². The van der Waals surface area contributed by atoms with E-state index in [-0.39, 0.29) is 17.4 Å². The number of hydrogen-bond donors (Lipinski definition) is 3. The lowest BCUT2D eigenvalue weighted by Crippen LogP contribution is -2.34. The van der Waals surface area contributed by atoms with E-state index in [0.717, 1.165) is 56.9 Å². The van der Waals surface area contributed by atoms with Crippen molar-refractivity contribution in [3.05, 3.63) is 58.6 Å². The molecule has 0 aliphatic heterocycles. The number of aromatic nitrogens is 4. The minimum Gasteiger partial charge on any atom is -0.390 e. The van der Waals surface area contributed by atoms with Crippen molar-refractivity contribution in [1.82, 2.24) is 19.5 Å². The van der Waals surface area contributed by atoms with Gasteiger partial charge in [0.2, 0.25) is 0 Å². The summed E-state index contributed by atoms with van der Waals surface area (Å²) >= 11 is 3.43. The molecule has 3 aromatic heterocycles. The van der Waals surface area contributed by atoms with Gasteiger partial charge in [-0.15, -0.1) is 0 Å². The van der Waals surface area contributed by atoms with Gasteiger partial charge in [-0.1, -0.05) is 12.1 Å². The van der Waals surface area contributed by atoms with Gasteiger partial charge in [0.15, 0.2) is 0 Å². The Hall–Kier alpha value is -2.55. The smallest absolute Gasteiger partial charge is 0.143 e. The zero-order chi connectivity index (χ0) is 22.2. The third-order valence-corrected chi connectivity index (χ3v) is 8.26. The van der Waals surface area contributed by atoms with E-state index in [0.29, 0.717) is 5.82 Å². The summed E-state index contributed by atoms with van der Waals surface area (Å²) in [5, 5.41) is 24.0. The normalized spacial score (nSPS) is 29.0. The van der Waals surface area contributed by atoms with Crippen molar-refractivity contribution in [1.29, 1.82) is 0 Å². The van der Waals surface area contributed by atoms with Crippen LogP contribution in [0.3, 0.4) is 0 Å². The molecule has 164 valence electrons. The van der Waals surface area contributed by atoms with Crippen molar-refractivity contribution < 1.29 is 10.2 Å². The zero-order valence-corrected chi connectivity index (χ0v) is 19.2. The average molecular weight is 494 g/mol. The van der Waals surface area contributed by atoms with Crippen LogP contribution in [0.1, 0.15) is 30.1 Å². The number of aliphatic hydroxyl groups excluding tert-OH is 2. The third-order valence-electron chi connectivity index (χ3n) is 7.62. The number of rotatable bonds is 4. The molecule has 2 saturated carbocycles. The van der Waals surface area contributed by atoms with E-state index in [2.05, 4.69) is 49.1 Å². The quantitative estimate of drug-likeness (QED) is 0.400. The van der Waals surface area contributed by atoms with Crippen molar-refractivity contribution in [3.63, 3.8) is 0 Å². The van der Waals surface area contributed by atoms with Gasteiger partial charge in [-0.2, -0.15) is 0 Å². The molecule has 0 amide bonds. The van der Waals surface area contributed by atoms with E-state index in [4.69, 9.17) is 5.73 Å². The molecule has 2 aliphatic rings. The third kappa shape index (κ3) is 2.82. The van der Waals surface area contributed by atoms with Crippen molar-refractivity contribution in [3.8, 4) is 0 Å². The number of aryl methyl sites for hydroxylation is 2. The molecule has 32 heavy (non-hydrogen) atoms. The average Bonchev–Trinajstić information content (AvgIpc) is 3.27. The maximum atomic E-state index is 11.0. The second-order valence-corrected chi connectivity index (χ2v) is 10.1. The van der Waals surface area contributed by atoms with Crippen molar-refractivity contribution >= 4 is 43.7 Å². The molecule has 3 heterocycles. The first kappa shape index (κ1) is 20.1. The van der Waals surface area contributed by atoms with Crippen LogP contribution >= 0.6 is 15.9 Å². The van der Waals surface area contributed by atoms with Crippen LogP contribution in [0.25, 0.3) is 21.9 Å². The van der Waals surface area contributed by atoms with Gasteiger partial charge in [0, 0.05) is 22.4 Å². The maximum absolute atomic E-state index is 11.0. The van der Waals surface area contributed by atoms with Crippen molar-refractivity contribution in [2.75, 3.05) is 5.73 Å². The molecule has 0 bridgehead atoms. The first-order chi connectivity index (χ1) is 15.4. The van der Waals surface area contributed by atoms with Gasteiger partial charge in [0.05, 0.1) is 27.8 Å². The molecule has 6 rings (SSSR count). The highest BCUT2D eigenvalue weighted by molar-refractivity contribution is 9.10. The van der Waals surface area contributed by atoms with Crippen LogP contribution in [0.4, 0.5) is 5.82 Å². The first-order valence-corrected chi connectivity index (χ1v) is 11.7. The van der Waals surface area contributed by atoms with Crippen LogP contribution in [0.15, 0.2) is 47.3 Å². The number of nitrogen functional groups attached to an aromatic ring is 1. The Morgan fingerprint density at radius 2 is 2.06 bits per heavy atom. The van der Waals surface area contributed by atoms with Crippen LogP contribution in [-0.4, -0.2) is 41.9 Å². The molecule has 5 atom stereocenters. The SMILES string of the molecule is Cc1ncnc2c1ccn2[C@H]1[C@H](O)[C@H](O)[C@]2(CCc3ccc4cc(Br)c(N)nc4c3)C[C@H]12. The van der Waals surface area contributed by atoms with E-state index in [1.807, 2.05) is 29.8 Å². The van der Waals surface area contributed by atoms with Gasteiger partial charge in [-0.3, -0.25) is 0 Å². The minimum atomic E-state index is -0.810. The minimum absolute atomic E-state index is 0.174. The lowest BCUT2D eigenvalue weighted by atomic mass is 9.91. The number of halogens is 1. The summed E-state index contributed by atoms with van der Waals surface area (Å²) in [6, 6.07) is 10.0. The molecule has 4 aromatic rings. The summed E-state index contributed by atoms with van der Waals surface area (Å²) in [4.78, 5) is 13.2. The number of aliphatic hydroxyl groups is 2. The predicted octanol–water partition coefficient (Wildman–Crippen LogP) is 3.55. The molecule has 4 N–H and O–H groups in total. The number of anilines is 1. The highest BCUT2D eigenvalue weighted by Crippen LogP contribution is 2.69. The monoisotopic (exact) mass is 493 g/mol. The van der Waals surface area contributed by atoms with E-state index < -0.39 is 12.2 Å². The fourth-order valence-electron chi connectivity index (χ4n) is 5.78. The Kier molecular flexibility index (Phi) is 4.38. The fraction of sp³-hybridized carbons (Fsp3) is 0.375. The largest absolute Gasteiger partial charge is 0.390 e. The van der Waals surface area contributed by atoms with Gasteiger partial charge < -0.3 is 20.5 Å². The van der Waals surface area contributed by atoms with Gasteiger partial charge in [0.1, 0.15) is 23.9 Å². The van der Waals surface area contributed by atoms with E-state index in [1.54, 1.807) is 6.33 Å². The van der Waals surface area contributed by atoms with Crippen LogP contribution in [-0.2, 0) is 6.42 Å². The Morgan fingerprint density at radius 3 is 2.91 bits per heavy atom. The molecule has 2 fully saturated rings. The van der Waals surface area contributed by atoms with Gasteiger partial charge >= 0.3 is 0 Å².